The van der Waals surface area contributed by atoms with Gasteiger partial charge in [0, 0.05) is 16.6 Å². The summed E-state index contributed by atoms with van der Waals surface area (Å²) in [6.07, 6.45) is 1.05. The Kier molecular flexibility index (Phi) is 6.45. The molecule has 1 aromatic rings. The Morgan fingerprint density at radius 3 is 2.94 bits per heavy atom. The highest BCUT2D eigenvalue weighted by Crippen LogP contribution is 2.12. The van der Waals surface area contributed by atoms with Crippen molar-refractivity contribution >= 4 is 10.8 Å². The third kappa shape index (κ3) is 5.33. The molecule has 3 nitrogen and oxygen atoms in total. The summed E-state index contributed by atoms with van der Waals surface area (Å²) in [5.74, 6) is 2.43. The molecule has 0 N–H and O–H groups in total. The molecule has 0 amide bonds. The van der Waals surface area contributed by atoms with Crippen LogP contribution in [0.4, 0.5) is 0 Å². The maximum Gasteiger partial charge on any atom is 0.120 e. The van der Waals surface area contributed by atoms with E-state index in [0.717, 1.165) is 12.2 Å². The number of nitrogens with zero attached hydrogens (tertiary/aromatic N) is 1. The van der Waals surface area contributed by atoms with Gasteiger partial charge in [-0.3, -0.25) is 4.21 Å². The van der Waals surface area contributed by atoms with Crippen molar-refractivity contribution < 1.29 is 8.95 Å². The molecule has 0 fully saturated rings. The minimum Gasteiger partial charge on any atom is -0.493 e. The summed E-state index contributed by atoms with van der Waals surface area (Å²) >= 11 is 0. The normalized spacial score (nSPS) is 13.6. The fraction of sp³-hybridized carbons (Fsp3) is 0.500. The number of nitriles is 1. The largest absolute Gasteiger partial charge is 0.493 e. The van der Waals surface area contributed by atoms with E-state index >= 15 is 0 Å². The predicted octanol–water partition coefficient (Wildman–Crippen LogP) is 2.73. The van der Waals surface area contributed by atoms with Gasteiger partial charge in [0.1, 0.15) is 5.75 Å². The second kappa shape index (κ2) is 7.88. The van der Waals surface area contributed by atoms with Crippen molar-refractivity contribution in [2.45, 2.75) is 20.3 Å². The van der Waals surface area contributed by atoms with E-state index in [-0.39, 0.29) is 0 Å². The Hall–Kier alpha value is -1.34. The number of ether oxygens (including phenoxy) is 1. The molecule has 0 heterocycles. The fourth-order valence-electron chi connectivity index (χ4n) is 1.43. The zero-order chi connectivity index (χ0) is 13.4. The van der Waals surface area contributed by atoms with Gasteiger partial charge in [0.2, 0.25) is 0 Å². The predicted molar refractivity (Wildman–Crippen MR) is 74.0 cm³/mol. The van der Waals surface area contributed by atoms with E-state index in [1.54, 1.807) is 24.3 Å². The van der Waals surface area contributed by atoms with E-state index in [4.69, 9.17) is 10.00 Å². The van der Waals surface area contributed by atoms with E-state index in [1.165, 1.54) is 0 Å². The molecule has 18 heavy (non-hydrogen) atoms. The van der Waals surface area contributed by atoms with Gasteiger partial charge >= 0.3 is 0 Å². The first-order valence-corrected chi connectivity index (χ1v) is 7.62. The quantitative estimate of drug-likeness (QED) is 0.761. The highest BCUT2D eigenvalue weighted by Gasteiger charge is 2.06. The van der Waals surface area contributed by atoms with Crippen molar-refractivity contribution in [1.29, 1.82) is 5.26 Å². The van der Waals surface area contributed by atoms with Gasteiger partial charge in [0.25, 0.3) is 0 Å². The molecule has 2 atom stereocenters. The molecule has 98 valence electrons. The summed E-state index contributed by atoms with van der Waals surface area (Å²) in [7, 11) is -0.821. The van der Waals surface area contributed by atoms with Crippen molar-refractivity contribution in [3.63, 3.8) is 0 Å². The smallest absolute Gasteiger partial charge is 0.120 e. The monoisotopic (exact) mass is 265 g/mol. The Morgan fingerprint density at radius 2 is 2.28 bits per heavy atom. The Balaban J connectivity index is 2.33. The lowest BCUT2D eigenvalue weighted by Crippen LogP contribution is -2.15. The van der Waals surface area contributed by atoms with Gasteiger partial charge in [-0.2, -0.15) is 5.26 Å². The zero-order valence-electron chi connectivity index (χ0n) is 10.9. The topological polar surface area (TPSA) is 50.1 Å². The van der Waals surface area contributed by atoms with Crippen LogP contribution < -0.4 is 4.74 Å². The second-order valence-electron chi connectivity index (χ2n) is 4.31. The molecular formula is C14H19NO2S. The first kappa shape index (κ1) is 14.7. The van der Waals surface area contributed by atoms with E-state index < -0.39 is 10.8 Å². The molecule has 1 aromatic carbocycles. The highest BCUT2D eigenvalue weighted by molar-refractivity contribution is 7.85. The van der Waals surface area contributed by atoms with Gasteiger partial charge in [0.05, 0.1) is 24.0 Å². The second-order valence-corrected chi connectivity index (χ2v) is 5.93. The molecule has 0 spiro atoms. The maximum absolute atomic E-state index is 11.7. The minimum atomic E-state index is -0.821. The molecule has 0 aliphatic heterocycles. The molecule has 2 unspecified atom stereocenters. The number of rotatable bonds is 7. The molecule has 0 aliphatic carbocycles. The van der Waals surface area contributed by atoms with Crippen LogP contribution in [0.2, 0.25) is 0 Å². The summed E-state index contributed by atoms with van der Waals surface area (Å²) in [4.78, 5) is 0. The van der Waals surface area contributed by atoms with Crippen molar-refractivity contribution in [3.05, 3.63) is 29.8 Å². The maximum atomic E-state index is 11.7. The lowest BCUT2D eigenvalue weighted by molar-refractivity contribution is 0.342. The van der Waals surface area contributed by atoms with Crippen LogP contribution in [0, 0.1) is 17.2 Å². The first-order valence-electron chi connectivity index (χ1n) is 6.13. The number of hydrogen-bond acceptors (Lipinski definition) is 3. The van der Waals surface area contributed by atoms with Gasteiger partial charge < -0.3 is 4.74 Å². The molecule has 0 radical (unpaired) electrons. The van der Waals surface area contributed by atoms with Gasteiger partial charge in [-0.15, -0.1) is 0 Å². The van der Waals surface area contributed by atoms with Crippen LogP contribution in [0.5, 0.6) is 5.75 Å². The SMILES string of the molecule is CCC(C)CS(=O)CCOc1cccc(C#N)c1. The van der Waals surface area contributed by atoms with Gasteiger partial charge in [0.15, 0.2) is 0 Å². The standard InChI is InChI=1S/C14H19NO2S/c1-3-12(2)11-18(16)8-7-17-14-6-4-5-13(9-14)10-15/h4-6,9,12H,3,7-8,11H2,1-2H3. The summed E-state index contributed by atoms with van der Waals surface area (Å²) < 4.78 is 17.2. The number of hydrogen-bond donors (Lipinski definition) is 0. The van der Waals surface area contributed by atoms with E-state index in [9.17, 15) is 4.21 Å². The third-order valence-electron chi connectivity index (χ3n) is 2.71. The van der Waals surface area contributed by atoms with Crippen LogP contribution in [0.15, 0.2) is 24.3 Å². The van der Waals surface area contributed by atoms with Crippen molar-refractivity contribution in [2.24, 2.45) is 5.92 Å². The summed E-state index contributed by atoms with van der Waals surface area (Å²) in [6, 6.07) is 9.07. The average Bonchev–Trinajstić information content (AvgIpc) is 2.38. The molecule has 0 aliphatic rings. The highest BCUT2D eigenvalue weighted by atomic mass is 32.2. The van der Waals surface area contributed by atoms with Crippen molar-refractivity contribution in [3.8, 4) is 11.8 Å². The van der Waals surface area contributed by atoms with Gasteiger partial charge in [-0.25, -0.2) is 0 Å². The average molecular weight is 265 g/mol. The third-order valence-corrected chi connectivity index (χ3v) is 4.27. The summed E-state index contributed by atoms with van der Waals surface area (Å²) in [5.41, 5.74) is 0.577. The Labute approximate surface area is 111 Å². The van der Waals surface area contributed by atoms with Crippen LogP contribution in [0.25, 0.3) is 0 Å². The van der Waals surface area contributed by atoms with Crippen molar-refractivity contribution in [1.82, 2.24) is 0 Å². The molecule has 0 bridgehead atoms. The molecular weight excluding hydrogens is 246 g/mol. The van der Waals surface area contributed by atoms with Gasteiger partial charge in [-0.1, -0.05) is 26.3 Å². The molecule has 0 saturated carbocycles. The van der Waals surface area contributed by atoms with Gasteiger partial charge in [-0.05, 0) is 24.1 Å². The van der Waals surface area contributed by atoms with Crippen LogP contribution >= 0.6 is 0 Å². The van der Waals surface area contributed by atoms with Crippen LogP contribution in [0.1, 0.15) is 25.8 Å². The first-order chi connectivity index (χ1) is 8.65. The summed E-state index contributed by atoms with van der Waals surface area (Å²) in [5, 5.41) is 8.75. The lowest BCUT2D eigenvalue weighted by Gasteiger charge is -2.09. The lowest BCUT2D eigenvalue weighted by atomic mass is 10.2. The van der Waals surface area contributed by atoms with Crippen LogP contribution in [-0.4, -0.2) is 22.3 Å². The Bertz CT molecular complexity index is 440. The van der Waals surface area contributed by atoms with Crippen LogP contribution in [0.3, 0.4) is 0 Å². The minimum absolute atomic E-state index is 0.428. The van der Waals surface area contributed by atoms with E-state index in [2.05, 4.69) is 19.9 Å². The van der Waals surface area contributed by atoms with E-state index in [0.29, 0.717) is 29.6 Å². The number of benzene rings is 1. The zero-order valence-corrected chi connectivity index (χ0v) is 11.7. The molecule has 4 heteroatoms. The molecule has 1 rings (SSSR count). The van der Waals surface area contributed by atoms with Crippen LogP contribution in [-0.2, 0) is 10.8 Å². The summed E-state index contributed by atoms with van der Waals surface area (Å²) in [6.45, 7) is 4.64. The van der Waals surface area contributed by atoms with Crippen molar-refractivity contribution in [2.75, 3.05) is 18.1 Å². The van der Waals surface area contributed by atoms with E-state index in [1.807, 2.05) is 0 Å². The molecule has 0 saturated heterocycles. The Morgan fingerprint density at radius 1 is 1.50 bits per heavy atom. The molecule has 0 aromatic heterocycles. The fourth-order valence-corrected chi connectivity index (χ4v) is 2.73.